The molecule has 0 spiro atoms. The molecule has 0 saturated carbocycles. The van der Waals surface area contributed by atoms with Crippen molar-refractivity contribution in [2.75, 3.05) is 18.2 Å². The molecule has 0 fully saturated rings. The molecule has 1 rings (SSSR count). The van der Waals surface area contributed by atoms with Crippen molar-refractivity contribution in [1.29, 1.82) is 0 Å². The fourth-order valence-corrected chi connectivity index (χ4v) is 2.41. The highest BCUT2D eigenvalue weighted by Crippen LogP contribution is 2.10. The first kappa shape index (κ1) is 19.0. The van der Waals surface area contributed by atoms with Gasteiger partial charge in [-0.05, 0) is 37.6 Å². The average molecular weight is 342 g/mol. The Bertz CT molecular complexity index is 629. The van der Waals surface area contributed by atoms with Crippen LogP contribution in [0.25, 0.3) is 0 Å². The molecule has 8 nitrogen and oxygen atoms in total. The van der Waals surface area contributed by atoms with E-state index in [1.54, 1.807) is 25.3 Å². The van der Waals surface area contributed by atoms with Crippen LogP contribution in [0.4, 0.5) is 5.69 Å². The molecule has 128 valence electrons. The summed E-state index contributed by atoms with van der Waals surface area (Å²) in [6.45, 7) is 1.56. The van der Waals surface area contributed by atoms with Crippen LogP contribution in [0.5, 0.6) is 0 Å². The zero-order valence-corrected chi connectivity index (χ0v) is 14.0. The van der Waals surface area contributed by atoms with Gasteiger partial charge in [0.1, 0.15) is 0 Å². The summed E-state index contributed by atoms with van der Waals surface area (Å²) in [5, 5.41) is 14.5. The number of anilines is 1. The molecule has 1 aromatic rings. The van der Waals surface area contributed by atoms with Crippen molar-refractivity contribution in [1.82, 2.24) is 4.72 Å². The van der Waals surface area contributed by atoms with Gasteiger partial charge in [0.25, 0.3) is 0 Å². The summed E-state index contributed by atoms with van der Waals surface area (Å²) < 4.78 is 25.0. The van der Waals surface area contributed by atoms with E-state index in [2.05, 4.69) is 15.2 Å². The van der Waals surface area contributed by atoms with E-state index < -0.39 is 16.1 Å². The standard InChI is InChI=1S/C14H22N4O4S/c1-12(18(19)20)4-3-10-16-17-14-7-5-13(6-8-14)9-11-23(21,22)15-2/h5-8,10,12,15,17H,3-4,9,11H2,1-2H3/b16-10+. The van der Waals surface area contributed by atoms with E-state index in [1.165, 1.54) is 7.05 Å². The summed E-state index contributed by atoms with van der Waals surface area (Å²) in [5.74, 6) is 0.0447. The predicted molar refractivity (Wildman–Crippen MR) is 90.8 cm³/mol. The lowest BCUT2D eigenvalue weighted by Gasteiger charge is -2.05. The monoisotopic (exact) mass is 342 g/mol. The lowest BCUT2D eigenvalue weighted by Crippen LogP contribution is -2.23. The second kappa shape index (κ2) is 9.21. The molecular formula is C14H22N4O4S. The first-order valence-electron chi connectivity index (χ1n) is 7.25. The van der Waals surface area contributed by atoms with Crippen LogP contribution in [0.1, 0.15) is 25.3 Å². The minimum Gasteiger partial charge on any atom is -0.279 e. The van der Waals surface area contributed by atoms with Gasteiger partial charge in [0.05, 0.1) is 11.4 Å². The molecule has 0 amide bonds. The van der Waals surface area contributed by atoms with Crippen molar-refractivity contribution < 1.29 is 13.3 Å². The Morgan fingerprint density at radius 1 is 1.35 bits per heavy atom. The van der Waals surface area contributed by atoms with Crippen LogP contribution in [-0.4, -0.2) is 38.4 Å². The first-order chi connectivity index (χ1) is 10.8. The van der Waals surface area contributed by atoms with Gasteiger partial charge >= 0.3 is 0 Å². The fraction of sp³-hybridized carbons (Fsp3) is 0.500. The Balaban J connectivity index is 2.38. The molecular weight excluding hydrogens is 320 g/mol. The van der Waals surface area contributed by atoms with E-state index in [1.807, 2.05) is 12.1 Å². The van der Waals surface area contributed by atoms with Crippen LogP contribution in [0.15, 0.2) is 29.4 Å². The van der Waals surface area contributed by atoms with Gasteiger partial charge in [0, 0.05) is 24.5 Å². The van der Waals surface area contributed by atoms with Crippen molar-refractivity contribution in [3.8, 4) is 0 Å². The summed E-state index contributed by atoms with van der Waals surface area (Å²) >= 11 is 0. The number of rotatable bonds is 10. The Hall–Kier alpha value is -2.00. The molecule has 0 aliphatic heterocycles. The summed E-state index contributed by atoms with van der Waals surface area (Å²) in [4.78, 5) is 10.1. The molecule has 1 aromatic carbocycles. The molecule has 2 N–H and O–H groups in total. The zero-order chi connectivity index (χ0) is 17.3. The highest BCUT2D eigenvalue weighted by molar-refractivity contribution is 7.89. The van der Waals surface area contributed by atoms with Crippen molar-refractivity contribution in [2.24, 2.45) is 5.10 Å². The van der Waals surface area contributed by atoms with Gasteiger partial charge in [-0.2, -0.15) is 5.10 Å². The van der Waals surface area contributed by atoms with Gasteiger partial charge in [-0.25, -0.2) is 13.1 Å². The number of hydrazone groups is 1. The SMILES string of the molecule is CNS(=O)(=O)CCc1ccc(N/N=C/CCC(C)[N+](=O)[O-])cc1. The van der Waals surface area contributed by atoms with Gasteiger partial charge in [-0.15, -0.1) is 0 Å². The van der Waals surface area contributed by atoms with E-state index >= 15 is 0 Å². The van der Waals surface area contributed by atoms with E-state index in [0.717, 1.165) is 11.3 Å². The number of hydrogen-bond acceptors (Lipinski definition) is 6. The maximum absolute atomic E-state index is 11.3. The summed E-state index contributed by atoms with van der Waals surface area (Å²) in [5.41, 5.74) is 4.51. The zero-order valence-electron chi connectivity index (χ0n) is 13.2. The molecule has 0 saturated heterocycles. The number of nitrogens with one attached hydrogen (secondary N) is 2. The molecule has 0 bridgehead atoms. The van der Waals surface area contributed by atoms with Gasteiger partial charge in [-0.1, -0.05) is 12.1 Å². The minimum atomic E-state index is -3.20. The molecule has 9 heteroatoms. The largest absolute Gasteiger partial charge is 0.279 e. The molecule has 1 unspecified atom stereocenters. The number of hydrogen-bond donors (Lipinski definition) is 2. The Kier molecular flexibility index (Phi) is 7.63. The van der Waals surface area contributed by atoms with E-state index in [9.17, 15) is 18.5 Å². The first-order valence-corrected chi connectivity index (χ1v) is 8.90. The molecule has 0 aliphatic rings. The van der Waals surface area contributed by atoms with Crippen LogP contribution in [0.3, 0.4) is 0 Å². The second-order valence-electron chi connectivity index (χ2n) is 5.11. The van der Waals surface area contributed by atoms with Crippen LogP contribution in [0.2, 0.25) is 0 Å². The fourth-order valence-electron chi connectivity index (χ4n) is 1.71. The van der Waals surface area contributed by atoms with E-state index in [4.69, 9.17) is 0 Å². The average Bonchev–Trinajstić information content (AvgIpc) is 2.53. The Morgan fingerprint density at radius 2 is 2.00 bits per heavy atom. The highest BCUT2D eigenvalue weighted by Gasteiger charge is 2.10. The normalized spacial score (nSPS) is 13.1. The van der Waals surface area contributed by atoms with Crippen LogP contribution in [0, 0.1) is 10.1 Å². The van der Waals surface area contributed by atoms with Gasteiger partial charge < -0.3 is 0 Å². The molecule has 23 heavy (non-hydrogen) atoms. The number of aryl methyl sites for hydroxylation is 1. The topological polar surface area (TPSA) is 114 Å². The van der Waals surface area contributed by atoms with Crippen molar-refractivity contribution in [3.63, 3.8) is 0 Å². The third-order valence-corrected chi connectivity index (χ3v) is 4.65. The van der Waals surface area contributed by atoms with Crippen molar-refractivity contribution in [2.45, 2.75) is 32.2 Å². The second-order valence-corrected chi connectivity index (χ2v) is 7.15. The van der Waals surface area contributed by atoms with Crippen LogP contribution in [-0.2, 0) is 16.4 Å². The number of benzene rings is 1. The number of nitrogens with zero attached hydrogens (tertiary/aromatic N) is 2. The molecule has 0 heterocycles. The molecule has 0 aliphatic carbocycles. The number of nitro groups is 1. The van der Waals surface area contributed by atoms with E-state index in [-0.39, 0.29) is 10.7 Å². The smallest absolute Gasteiger partial charge is 0.211 e. The summed E-state index contributed by atoms with van der Waals surface area (Å²) in [6, 6.07) is 6.70. The maximum Gasteiger partial charge on any atom is 0.211 e. The van der Waals surface area contributed by atoms with Gasteiger partial charge in [0.2, 0.25) is 16.1 Å². The lowest BCUT2D eigenvalue weighted by atomic mass is 10.1. The predicted octanol–water partition coefficient (Wildman–Crippen LogP) is 1.62. The third-order valence-electron chi connectivity index (χ3n) is 3.28. The molecule has 0 aromatic heterocycles. The lowest BCUT2D eigenvalue weighted by molar-refractivity contribution is -0.518. The van der Waals surface area contributed by atoms with Crippen molar-refractivity contribution in [3.05, 3.63) is 39.9 Å². The summed E-state index contributed by atoms with van der Waals surface area (Å²) in [7, 11) is -1.80. The van der Waals surface area contributed by atoms with Gasteiger partial charge in [0.15, 0.2) is 0 Å². The molecule has 1 atom stereocenters. The van der Waals surface area contributed by atoms with E-state index in [0.29, 0.717) is 19.3 Å². The Labute approximate surface area is 136 Å². The third kappa shape index (κ3) is 7.71. The Morgan fingerprint density at radius 3 is 2.57 bits per heavy atom. The quantitative estimate of drug-likeness (QED) is 0.381. The molecule has 0 radical (unpaired) electrons. The summed E-state index contributed by atoms with van der Waals surface area (Å²) in [6.07, 6.45) is 3.01. The minimum absolute atomic E-state index is 0.0447. The van der Waals surface area contributed by atoms with Gasteiger partial charge in [-0.3, -0.25) is 15.5 Å². The van der Waals surface area contributed by atoms with Crippen molar-refractivity contribution >= 4 is 21.9 Å². The highest BCUT2D eigenvalue weighted by atomic mass is 32.2. The maximum atomic E-state index is 11.3. The van der Waals surface area contributed by atoms with Crippen LogP contribution >= 0.6 is 0 Å². The van der Waals surface area contributed by atoms with Crippen LogP contribution < -0.4 is 10.1 Å². The number of sulfonamides is 1.